The lowest BCUT2D eigenvalue weighted by Gasteiger charge is -2.26. The second-order valence-electron chi connectivity index (χ2n) is 8.05. The third kappa shape index (κ3) is 7.69. The molecule has 0 aliphatic heterocycles. The van der Waals surface area contributed by atoms with Crippen molar-refractivity contribution in [2.75, 3.05) is 0 Å². The van der Waals surface area contributed by atoms with Crippen molar-refractivity contribution >= 4 is 0 Å². The Hall–Kier alpha value is -1.03. The van der Waals surface area contributed by atoms with Gasteiger partial charge in [0.2, 0.25) is 0 Å². The Labute approximate surface area is 144 Å². The lowest BCUT2D eigenvalue weighted by molar-refractivity contribution is -0.137. The van der Waals surface area contributed by atoms with Gasteiger partial charge in [-0.2, -0.15) is 13.2 Å². The standard InChI is InChI=1S/C20H31F3O/c1-14(12-16(3)15(2)10-11-19(4,5)24)13-17-6-8-18(9-7-17)20(21,22)23/h6-9,14-16,24H,10-13H2,1-5H3. The fourth-order valence-corrected chi connectivity index (χ4v) is 3.05. The number of rotatable bonds is 8. The Morgan fingerprint density at radius 2 is 1.50 bits per heavy atom. The van der Waals surface area contributed by atoms with Gasteiger partial charge in [0.25, 0.3) is 0 Å². The molecule has 4 heteroatoms. The highest BCUT2D eigenvalue weighted by molar-refractivity contribution is 5.24. The number of halogens is 3. The Morgan fingerprint density at radius 3 is 1.96 bits per heavy atom. The van der Waals surface area contributed by atoms with Crippen molar-refractivity contribution in [2.24, 2.45) is 17.8 Å². The van der Waals surface area contributed by atoms with Gasteiger partial charge in [0, 0.05) is 0 Å². The van der Waals surface area contributed by atoms with Crippen LogP contribution in [0.3, 0.4) is 0 Å². The van der Waals surface area contributed by atoms with Crippen molar-refractivity contribution < 1.29 is 18.3 Å². The van der Waals surface area contributed by atoms with Gasteiger partial charge in [-0.25, -0.2) is 0 Å². The molecule has 0 heterocycles. The van der Waals surface area contributed by atoms with Crippen molar-refractivity contribution in [3.05, 3.63) is 35.4 Å². The predicted molar refractivity (Wildman–Crippen MR) is 92.8 cm³/mol. The van der Waals surface area contributed by atoms with Gasteiger partial charge in [-0.05, 0) is 75.0 Å². The van der Waals surface area contributed by atoms with E-state index in [-0.39, 0.29) is 0 Å². The molecule has 1 aromatic carbocycles. The number of hydrogen-bond donors (Lipinski definition) is 1. The molecule has 0 saturated heterocycles. The summed E-state index contributed by atoms with van der Waals surface area (Å²) >= 11 is 0. The molecule has 0 fully saturated rings. The van der Waals surface area contributed by atoms with E-state index >= 15 is 0 Å². The summed E-state index contributed by atoms with van der Waals surface area (Å²) in [7, 11) is 0. The first-order chi connectivity index (χ1) is 10.9. The Balaban J connectivity index is 2.49. The minimum Gasteiger partial charge on any atom is -0.390 e. The molecule has 3 unspecified atom stereocenters. The quantitative estimate of drug-likeness (QED) is 0.604. The van der Waals surface area contributed by atoms with Crippen LogP contribution in [0.25, 0.3) is 0 Å². The molecule has 1 rings (SSSR count). The van der Waals surface area contributed by atoms with Crippen LogP contribution in [0.4, 0.5) is 13.2 Å². The summed E-state index contributed by atoms with van der Waals surface area (Å²) in [4.78, 5) is 0. The van der Waals surface area contributed by atoms with E-state index in [1.54, 1.807) is 12.1 Å². The average Bonchev–Trinajstić information content (AvgIpc) is 2.43. The van der Waals surface area contributed by atoms with Crippen molar-refractivity contribution in [2.45, 2.75) is 72.1 Å². The molecule has 0 saturated carbocycles. The minimum absolute atomic E-state index is 0.418. The highest BCUT2D eigenvalue weighted by atomic mass is 19.4. The van der Waals surface area contributed by atoms with Gasteiger partial charge in [-0.1, -0.05) is 32.9 Å². The predicted octanol–water partition coefficient (Wildman–Crippen LogP) is 6.10. The van der Waals surface area contributed by atoms with Gasteiger partial charge in [-0.15, -0.1) is 0 Å². The second kappa shape index (κ2) is 8.37. The van der Waals surface area contributed by atoms with E-state index in [1.165, 1.54) is 0 Å². The molecule has 0 aliphatic carbocycles. The molecular weight excluding hydrogens is 313 g/mol. The summed E-state index contributed by atoms with van der Waals surface area (Å²) in [5.74, 6) is 1.46. The minimum atomic E-state index is -4.27. The molecule has 0 amide bonds. The lowest BCUT2D eigenvalue weighted by atomic mass is 9.81. The lowest BCUT2D eigenvalue weighted by Crippen LogP contribution is -2.21. The van der Waals surface area contributed by atoms with Gasteiger partial charge in [0.1, 0.15) is 0 Å². The van der Waals surface area contributed by atoms with Crippen LogP contribution in [-0.4, -0.2) is 10.7 Å². The number of benzene rings is 1. The fraction of sp³-hybridized carbons (Fsp3) is 0.700. The highest BCUT2D eigenvalue weighted by Crippen LogP contribution is 2.30. The van der Waals surface area contributed by atoms with Crippen LogP contribution in [-0.2, 0) is 12.6 Å². The monoisotopic (exact) mass is 344 g/mol. The molecule has 1 N–H and O–H groups in total. The van der Waals surface area contributed by atoms with Crippen LogP contribution < -0.4 is 0 Å². The maximum Gasteiger partial charge on any atom is 0.416 e. The van der Waals surface area contributed by atoms with Crippen LogP contribution in [0.15, 0.2) is 24.3 Å². The molecule has 0 bridgehead atoms. The van der Waals surface area contributed by atoms with Crippen molar-refractivity contribution in [1.82, 2.24) is 0 Å². The van der Waals surface area contributed by atoms with E-state index in [9.17, 15) is 18.3 Å². The zero-order valence-electron chi connectivity index (χ0n) is 15.5. The molecule has 0 aliphatic rings. The van der Waals surface area contributed by atoms with Crippen LogP contribution in [0.2, 0.25) is 0 Å². The van der Waals surface area contributed by atoms with E-state index in [1.807, 2.05) is 13.8 Å². The maximum absolute atomic E-state index is 12.6. The first kappa shape index (κ1) is 21.0. The summed E-state index contributed by atoms with van der Waals surface area (Å²) < 4.78 is 37.7. The molecule has 0 spiro atoms. The molecular formula is C20H31F3O. The molecule has 1 aromatic rings. The van der Waals surface area contributed by atoms with Crippen molar-refractivity contribution in [3.63, 3.8) is 0 Å². The van der Waals surface area contributed by atoms with Crippen LogP contribution in [0.1, 0.15) is 65.0 Å². The Bertz CT molecular complexity index is 485. The summed E-state index contributed by atoms with van der Waals surface area (Å²) in [5.41, 5.74) is -0.265. The van der Waals surface area contributed by atoms with Crippen molar-refractivity contribution in [1.29, 1.82) is 0 Å². The number of aliphatic hydroxyl groups is 1. The maximum atomic E-state index is 12.6. The van der Waals surface area contributed by atoms with Gasteiger partial charge in [-0.3, -0.25) is 0 Å². The zero-order valence-corrected chi connectivity index (χ0v) is 15.5. The van der Waals surface area contributed by atoms with E-state index in [0.29, 0.717) is 17.8 Å². The normalized spacial score (nSPS) is 16.7. The van der Waals surface area contributed by atoms with Crippen LogP contribution in [0, 0.1) is 17.8 Å². The summed E-state index contributed by atoms with van der Waals surface area (Å²) in [5, 5.41) is 9.82. The van der Waals surface area contributed by atoms with Gasteiger partial charge >= 0.3 is 6.18 Å². The first-order valence-electron chi connectivity index (χ1n) is 8.77. The topological polar surface area (TPSA) is 20.2 Å². The van der Waals surface area contributed by atoms with E-state index in [4.69, 9.17) is 0 Å². The largest absolute Gasteiger partial charge is 0.416 e. The van der Waals surface area contributed by atoms with E-state index < -0.39 is 17.3 Å². The van der Waals surface area contributed by atoms with Gasteiger partial charge in [0.05, 0.1) is 11.2 Å². The SMILES string of the molecule is CC(Cc1ccc(C(F)(F)F)cc1)CC(C)C(C)CCC(C)(C)O. The summed E-state index contributed by atoms with van der Waals surface area (Å²) in [6, 6.07) is 5.50. The van der Waals surface area contributed by atoms with Gasteiger partial charge < -0.3 is 5.11 Å². The van der Waals surface area contributed by atoms with E-state index in [0.717, 1.165) is 43.4 Å². The smallest absolute Gasteiger partial charge is 0.390 e. The molecule has 24 heavy (non-hydrogen) atoms. The Morgan fingerprint density at radius 1 is 0.958 bits per heavy atom. The summed E-state index contributed by atoms with van der Waals surface area (Å²) in [6.07, 6.45) is -0.674. The molecule has 3 atom stereocenters. The highest BCUT2D eigenvalue weighted by Gasteiger charge is 2.30. The number of hydrogen-bond acceptors (Lipinski definition) is 1. The summed E-state index contributed by atoms with van der Waals surface area (Å²) in [6.45, 7) is 10.2. The van der Waals surface area contributed by atoms with Crippen LogP contribution in [0.5, 0.6) is 0 Å². The van der Waals surface area contributed by atoms with Crippen molar-refractivity contribution in [3.8, 4) is 0 Å². The Kier molecular flexibility index (Phi) is 7.33. The molecule has 0 radical (unpaired) electrons. The van der Waals surface area contributed by atoms with Crippen LogP contribution >= 0.6 is 0 Å². The number of alkyl halides is 3. The first-order valence-corrected chi connectivity index (χ1v) is 8.77. The van der Waals surface area contributed by atoms with Gasteiger partial charge in [0.15, 0.2) is 0 Å². The second-order valence-corrected chi connectivity index (χ2v) is 8.05. The van der Waals surface area contributed by atoms with E-state index in [2.05, 4.69) is 20.8 Å². The molecule has 0 aromatic heterocycles. The average molecular weight is 344 g/mol. The molecule has 1 nitrogen and oxygen atoms in total. The molecule has 138 valence electrons. The third-order valence-electron chi connectivity index (χ3n) is 4.82. The third-order valence-corrected chi connectivity index (χ3v) is 4.82. The zero-order chi connectivity index (χ0) is 18.5. The fourth-order valence-electron chi connectivity index (χ4n) is 3.05.